The molecule has 0 aliphatic carbocycles. The van der Waals surface area contributed by atoms with Crippen molar-refractivity contribution in [3.63, 3.8) is 0 Å². The quantitative estimate of drug-likeness (QED) is 0.00745. The number of para-hydroxylation sites is 2. The number of thiol groups is 1. The number of nitrogens with one attached hydrogen (secondary N) is 14. The number of ether oxygens (including phenoxy) is 2. The van der Waals surface area contributed by atoms with Crippen LogP contribution >= 0.6 is 12.6 Å². The fourth-order valence-electron chi connectivity index (χ4n) is 11.1. The van der Waals surface area contributed by atoms with Crippen molar-refractivity contribution in [1.82, 2.24) is 78.0 Å². The van der Waals surface area contributed by atoms with Gasteiger partial charge in [-0.15, -0.1) is 0 Å². The van der Waals surface area contributed by atoms with Gasteiger partial charge in [0, 0.05) is 78.5 Å². The molecule has 5 aromatic rings. The van der Waals surface area contributed by atoms with Crippen molar-refractivity contribution in [2.24, 2.45) is 34.4 Å². The number of carbonyl (C=O) groups is 14. The first kappa shape index (κ1) is 87.5. The number of aliphatic carboxylic acids is 1. The number of nitrogens with two attached hydrogens (primary N) is 6. The normalized spacial score (nSPS) is 14.2. The van der Waals surface area contributed by atoms with Gasteiger partial charge in [0.1, 0.15) is 61.0 Å². The second-order valence-electron chi connectivity index (χ2n) is 25.1. The van der Waals surface area contributed by atoms with Gasteiger partial charge in [0.05, 0.1) is 57.0 Å². The third kappa shape index (κ3) is 28.3. The van der Waals surface area contributed by atoms with Gasteiger partial charge >= 0.3 is 5.97 Å². The molecule has 11 atom stereocenters. The molecule has 0 spiro atoms. The van der Waals surface area contributed by atoms with Crippen LogP contribution in [0.25, 0.3) is 21.8 Å². The summed E-state index contributed by atoms with van der Waals surface area (Å²) >= 11 is 4.25. The Morgan fingerprint density at radius 1 is 0.602 bits per heavy atom. The van der Waals surface area contributed by atoms with E-state index in [0.29, 0.717) is 33.4 Å². The number of H-pyrrole nitrogens is 3. The number of fused-ring (bicyclic) bond motifs is 2. The maximum atomic E-state index is 14.5. The van der Waals surface area contributed by atoms with E-state index in [0.717, 1.165) is 17.8 Å². The average molecular weight is 1530 g/mol. The van der Waals surface area contributed by atoms with Crippen LogP contribution < -0.4 is 87.6 Å². The number of nitrogens with zero attached hydrogens (tertiary/aromatic N) is 2. The monoisotopic (exact) mass is 1530 g/mol. The number of aromatic amines is 3. The zero-order valence-corrected chi connectivity index (χ0v) is 60.5. The number of rotatable bonds is 49. The zero-order valence-electron chi connectivity index (χ0n) is 59.7. The highest BCUT2D eigenvalue weighted by molar-refractivity contribution is 7.80. The van der Waals surface area contributed by atoms with Crippen LogP contribution in [-0.4, -0.2) is 249 Å². The number of carboxylic acids is 1. The molecule has 0 aliphatic rings. The molecule has 28 N–H and O–H groups in total. The highest BCUT2D eigenvalue weighted by Crippen LogP contribution is 2.22. The first-order chi connectivity index (χ1) is 51.5. The number of aliphatic hydroxyl groups is 1. The maximum Gasteiger partial charge on any atom is 0.305 e. The average Bonchev–Trinajstić information content (AvgIpc) is 1.34. The Labute approximate surface area is 624 Å². The first-order valence-corrected chi connectivity index (χ1v) is 35.2. The predicted molar refractivity (Wildman–Crippen MR) is 392 cm³/mol. The van der Waals surface area contributed by atoms with Gasteiger partial charge in [-0.1, -0.05) is 36.4 Å². The molecule has 3 heterocycles. The Balaban J connectivity index is 1.30. The van der Waals surface area contributed by atoms with Gasteiger partial charge < -0.3 is 122 Å². The first-order valence-electron chi connectivity index (χ1n) is 34.6. The molecule has 0 fully saturated rings. The summed E-state index contributed by atoms with van der Waals surface area (Å²) in [6.45, 7) is 1.14. The van der Waals surface area contributed by atoms with Crippen LogP contribution in [0.3, 0.4) is 0 Å². The van der Waals surface area contributed by atoms with Crippen molar-refractivity contribution in [2.75, 3.05) is 58.4 Å². The fourth-order valence-corrected chi connectivity index (χ4v) is 11.3. The third-order valence-electron chi connectivity index (χ3n) is 16.7. The summed E-state index contributed by atoms with van der Waals surface area (Å²) in [5, 5.41) is 54.4. The van der Waals surface area contributed by atoms with Crippen molar-refractivity contribution in [2.45, 2.75) is 151 Å². The Hall–Kier alpha value is -11.1. The van der Waals surface area contributed by atoms with E-state index in [9.17, 15) is 77.3 Å². The molecule has 0 bridgehead atoms. The van der Waals surface area contributed by atoms with Gasteiger partial charge in [0.15, 0.2) is 5.96 Å². The van der Waals surface area contributed by atoms with E-state index in [1.807, 2.05) is 18.2 Å². The number of aliphatic hydroxyl groups excluding tert-OH is 1. The molecule has 0 saturated heterocycles. The molecule has 0 unspecified atom stereocenters. The Morgan fingerprint density at radius 3 is 1.74 bits per heavy atom. The number of carboxylic acid groups (broad SMARTS) is 1. The molecule has 13 amide bonds. The number of primary amides is 2. The van der Waals surface area contributed by atoms with Gasteiger partial charge in [-0.2, -0.15) is 12.6 Å². The minimum atomic E-state index is -1.97. The van der Waals surface area contributed by atoms with Crippen molar-refractivity contribution in [1.29, 1.82) is 5.41 Å². The zero-order chi connectivity index (χ0) is 79.6. The molecule has 3 aromatic heterocycles. The van der Waals surface area contributed by atoms with E-state index < -0.39 is 193 Å². The van der Waals surface area contributed by atoms with Gasteiger partial charge in [0.2, 0.25) is 65.0 Å². The summed E-state index contributed by atoms with van der Waals surface area (Å²) in [6, 6.07) is -2.16. The molecule has 40 nitrogen and oxygen atoms in total. The topological polar surface area (TPSA) is 662 Å². The minimum Gasteiger partial charge on any atom is -0.481 e. The predicted octanol–water partition coefficient (Wildman–Crippen LogP) is -6.61. The van der Waals surface area contributed by atoms with Crippen LogP contribution in [-0.2, 0) is 95.9 Å². The van der Waals surface area contributed by atoms with Gasteiger partial charge in [-0.05, 0) is 88.6 Å². The second kappa shape index (κ2) is 44.8. The molecule has 590 valence electrons. The van der Waals surface area contributed by atoms with Gasteiger partial charge in [-0.25, -0.2) is 4.98 Å². The fraction of sp³-hybridized carbons (Fsp3) is 0.493. The lowest BCUT2D eigenvalue weighted by atomic mass is 10.0. The molecule has 41 heteroatoms. The number of guanidine groups is 1. The summed E-state index contributed by atoms with van der Waals surface area (Å²) < 4.78 is 10.6. The van der Waals surface area contributed by atoms with Crippen LogP contribution in [0.15, 0.2) is 73.4 Å². The van der Waals surface area contributed by atoms with Crippen molar-refractivity contribution in [3.05, 3.63) is 90.3 Å². The summed E-state index contributed by atoms with van der Waals surface area (Å²) in [6.07, 6.45) is 1.78. The van der Waals surface area contributed by atoms with E-state index in [-0.39, 0.29) is 90.1 Å². The SMILES string of the molecule is C[C@H](NC(=O)CNC(=O)[C@H](Cc1c[nH]c2ccccc12)NC(=O)[C@H](CC(=O)O)NC(=O)[C@H](CCC(N)=O)NC(=O)[C@@H](N)Cc1c[nH]c2ccccc12)C(=O)N[C@@H](Cc1c[nH]cn1)C(=O)N[C@@H](CCCNC(=N)N)C(=O)N[C@@H](CS)C(=O)N[C@H](C(=O)N(C(=O)COCCOCCN)[C@@H](CCCCN)C(N)=O)[C@@H](C)O. The molecule has 5 rings (SSSR count). The van der Waals surface area contributed by atoms with Crippen LogP contribution in [0.5, 0.6) is 0 Å². The molecule has 0 saturated carbocycles. The Morgan fingerprint density at radius 2 is 1.16 bits per heavy atom. The van der Waals surface area contributed by atoms with Gasteiger partial charge in [-0.3, -0.25) is 77.4 Å². The van der Waals surface area contributed by atoms with Crippen molar-refractivity contribution >= 4 is 123 Å². The summed E-state index contributed by atoms with van der Waals surface area (Å²) in [5.74, 6) is -16.2. The number of hydrogen-bond acceptors (Lipinski definition) is 23. The highest BCUT2D eigenvalue weighted by atomic mass is 32.1. The third-order valence-corrected chi connectivity index (χ3v) is 17.1. The standard InChI is InChI=1S/C67H98N22O18S/c1-35(81-53(92)31-79-60(99)47(25-38-29-78-44-13-6-4-11-41(38)44)85-64(103)49(27-55(94)95)86-62(101)46(16-17-52(71)91)82-59(98)42(70)24-37-28-77-43-12-5-3-10-40(37)43)58(97)84-48(26-39-30-75-34-80-39)63(102)83-45(14-9-20-76-67(73)74)61(100)87-50(33-108)65(104)88-56(36(2)90)66(105)89(51(57(72)96)15-7-8-18-68)54(93)32-107-23-22-106-21-19-69/h3-6,10-13,28-30,34-36,42,45-51,56,77-78,90,108H,7-9,14-27,31-33,68-70H2,1-2H3,(H2,71,91)(H2,72,96)(H,75,80)(H,79,99)(H,81,92)(H,82,98)(H,83,102)(H,84,97)(H,85,103)(H,86,101)(H,87,100)(H,88,104)(H,94,95)(H4,73,74,76)/t35-,36+,42-,45-,46-,47-,48-,49-,50-,51-,56-/m0/s1. The molecular formula is C67H98N22O18S. The van der Waals surface area contributed by atoms with Crippen LogP contribution in [0, 0.1) is 5.41 Å². The lowest BCUT2D eigenvalue weighted by Gasteiger charge is -2.33. The smallest absolute Gasteiger partial charge is 0.305 e. The molecule has 2 aromatic carbocycles. The molecular weight excluding hydrogens is 1430 g/mol. The number of hydrogen-bond donors (Lipinski definition) is 23. The lowest BCUT2D eigenvalue weighted by Crippen LogP contribution is -2.63. The number of aromatic nitrogens is 4. The van der Waals surface area contributed by atoms with Gasteiger partial charge in [0.25, 0.3) is 11.8 Å². The van der Waals surface area contributed by atoms with Crippen LogP contribution in [0.4, 0.5) is 0 Å². The van der Waals surface area contributed by atoms with E-state index in [2.05, 4.69) is 85.7 Å². The number of unbranched alkanes of at least 4 members (excludes halogenated alkanes) is 1. The van der Waals surface area contributed by atoms with E-state index in [1.165, 1.54) is 19.4 Å². The van der Waals surface area contributed by atoms with Crippen LogP contribution in [0.1, 0.15) is 82.0 Å². The summed E-state index contributed by atoms with van der Waals surface area (Å²) in [7, 11) is 0. The van der Waals surface area contributed by atoms with Crippen LogP contribution in [0.2, 0.25) is 0 Å². The van der Waals surface area contributed by atoms with E-state index in [1.54, 1.807) is 42.7 Å². The van der Waals surface area contributed by atoms with Crippen molar-refractivity contribution < 1.29 is 86.8 Å². The number of carbonyl (C=O) groups excluding carboxylic acids is 13. The summed E-state index contributed by atoms with van der Waals surface area (Å²) in [4.78, 5) is 205. The molecule has 0 aliphatic heterocycles. The number of imide groups is 1. The number of imidazole rings is 1. The highest BCUT2D eigenvalue weighted by Gasteiger charge is 2.41. The number of benzene rings is 2. The summed E-state index contributed by atoms with van der Waals surface area (Å²) in [5.41, 5.74) is 36.7. The Kier molecular flexibility index (Phi) is 36.3. The maximum absolute atomic E-state index is 14.5. The second-order valence-corrected chi connectivity index (χ2v) is 25.5. The molecule has 0 radical (unpaired) electrons. The molecule has 108 heavy (non-hydrogen) atoms. The Bertz CT molecular complexity index is 3910. The largest absolute Gasteiger partial charge is 0.481 e. The minimum absolute atomic E-state index is 0.00365. The lowest BCUT2D eigenvalue weighted by molar-refractivity contribution is -0.158. The van der Waals surface area contributed by atoms with E-state index in [4.69, 9.17) is 49.3 Å². The number of amides is 13. The van der Waals surface area contributed by atoms with Crippen molar-refractivity contribution in [3.8, 4) is 0 Å². The van der Waals surface area contributed by atoms with E-state index >= 15 is 0 Å².